The fraction of sp³-hybridized carbons (Fsp3) is 0.158. The van der Waals surface area contributed by atoms with E-state index in [1.54, 1.807) is 0 Å². The minimum absolute atomic E-state index is 0.987. The Morgan fingerprint density at radius 3 is 2.43 bits per heavy atom. The van der Waals surface area contributed by atoms with E-state index in [0.717, 1.165) is 17.9 Å². The van der Waals surface area contributed by atoms with Gasteiger partial charge in [-0.05, 0) is 29.1 Å². The summed E-state index contributed by atoms with van der Waals surface area (Å²) >= 11 is 0. The Kier molecular flexibility index (Phi) is 2.64. The lowest BCUT2D eigenvalue weighted by Gasteiger charge is -2.04. The first-order valence-electron chi connectivity index (χ1n) is 7.28. The van der Waals surface area contributed by atoms with Crippen LogP contribution in [0.5, 0.6) is 0 Å². The summed E-state index contributed by atoms with van der Waals surface area (Å²) in [7, 11) is 2.08. The molecule has 2 aromatic carbocycles. The van der Waals surface area contributed by atoms with Gasteiger partial charge in [-0.2, -0.15) is 0 Å². The summed E-state index contributed by atoms with van der Waals surface area (Å²) in [4.78, 5) is 4.99. The SMILES string of the molecule is Cc1ccccc1-c1nc2c(c[n+]1C)Cc1ccccc1-2. The molecule has 0 spiro atoms. The summed E-state index contributed by atoms with van der Waals surface area (Å²) in [5.74, 6) is 1.03. The van der Waals surface area contributed by atoms with Crippen molar-refractivity contribution in [2.45, 2.75) is 13.3 Å². The van der Waals surface area contributed by atoms with Crippen molar-refractivity contribution < 1.29 is 4.57 Å². The molecule has 1 heterocycles. The number of aryl methyl sites for hydroxylation is 2. The standard InChI is InChI=1S/C19H17N2/c1-13-7-3-5-9-16(13)19-20-18-15(12-21(19)2)11-14-8-4-6-10-17(14)18/h3-10,12H,11H2,1-2H3/q+1. The number of hydrogen-bond acceptors (Lipinski definition) is 1. The van der Waals surface area contributed by atoms with Crippen molar-refractivity contribution in [1.82, 2.24) is 4.98 Å². The molecular formula is C19H17N2+. The van der Waals surface area contributed by atoms with Gasteiger partial charge in [-0.15, -0.1) is 0 Å². The maximum absolute atomic E-state index is 4.99. The summed E-state index contributed by atoms with van der Waals surface area (Å²) < 4.78 is 2.15. The molecule has 0 saturated carbocycles. The highest BCUT2D eigenvalue weighted by Crippen LogP contribution is 2.35. The first-order chi connectivity index (χ1) is 10.2. The molecule has 0 bridgehead atoms. The number of rotatable bonds is 1. The van der Waals surface area contributed by atoms with Gasteiger partial charge in [-0.25, -0.2) is 4.57 Å². The number of fused-ring (bicyclic) bond motifs is 3. The first-order valence-corrected chi connectivity index (χ1v) is 7.28. The average Bonchev–Trinajstić information content (AvgIpc) is 2.84. The topological polar surface area (TPSA) is 16.8 Å². The van der Waals surface area contributed by atoms with Crippen LogP contribution in [-0.2, 0) is 13.5 Å². The second-order valence-electron chi connectivity index (χ2n) is 5.70. The van der Waals surface area contributed by atoms with E-state index in [2.05, 4.69) is 73.3 Å². The first kappa shape index (κ1) is 12.3. The van der Waals surface area contributed by atoms with Gasteiger partial charge in [0, 0.05) is 17.5 Å². The lowest BCUT2D eigenvalue weighted by atomic mass is 10.1. The second-order valence-corrected chi connectivity index (χ2v) is 5.70. The zero-order valence-electron chi connectivity index (χ0n) is 12.3. The number of hydrogen-bond donors (Lipinski definition) is 0. The summed E-state index contributed by atoms with van der Waals surface area (Å²) in [6, 6.07) is 17.0. The predicted molar refractivity (Wildman–Crippen MR) is 83.8 cm³/mol. The molecule has 4 rings (SSSR count). The Balaban J connectivity index is 1.96. The Morgan fingerprint density at radius 2 is 1.62 bits per heavy atom. The molecule has 0 fully saturated rings. The minimum atomic E-state index is 0.987. The van der Waals surface area contributed by atoms with Crippen LogP contribution in [0.3, 0.4) is 0 Å². The van der Waals surface area contributed by atoms with Crippen LogP contribution in [0.25, 0.3) is 22.6 Å². The van der Waals surface area contributed by atoms with Crippen LogP contribution in [0.15, 0.2) is 54.7 Å². The van der Waals surface area contributed by atoms with Crippen molar-refractivity contribution in [2.75, 3.05) is 0 Å². The van der Waals surface area contributed by atoms with Gasteiger partial charge in [0.1, 0.15) is 0 Å². The molecular weight excluding hydrogens is 256 g/mol. The van der Waals surface area contributed by atoms with E-state index in [1.165, 1.54) is 27.8 Å². The molecule has 1 aromatic heterocycles. The monoisotopic (exact) mass is 273 g/mol. The van der Waals surface area contributed by atoms with Gasteiger partial charge in [0.05, 0.1) is 18.8 Å². The molecule has 21 heavy (non-hydrogen) atoms. The maximum Gasteiger partial charge on any atom is 0.331 e. The third-order valence-corrected chi connectivity index (χ3v) is 4.24. The molecule has 0 aliphatic heterocycles. The Hall–Kier alpha value is -2.48. The lowest BCUT2D eigenvalue weighted by molar-refractivity contribution is -0.663. The van der Waals surface area contributed by atoms with Gasteiger partial charge in [-0.3, -0.25) is 0 Å². The quantitative estimate of drug-likeness (QED) is 0.485. The zero-order chi connectivity index (χ0) is 14.4. The van der Waals surface area contributed by atoms with E-state index >= 15 is 0 Å². The summed E-state index contributed by atoms with van der Waals surface area (Å²) in [5, 5.41) is 0. The highest BCUT2D eigenvalue weighted by atomic mass is 15.0. The van der Waals surface area contributed by atoms with Crippen LogP contribution in [0, 0.1) is 6.92 Å². The molecule has 102 valence electrons. The molecule has 0 unspecified atom stereocenters. The highest BCUT2D eigenvalue weighted by molar-refractivity contribution is 5.74. The third kappa shape index (κ3) is 1.87. The molecule has 1 aliphatic carbocycles. The number of benzene rings is 2. The molecule has 1 aliphatic rings. The normalized spacial score (nSPS) is 12.1. The molecule has 0 N–H and O–H groups in total. The van der Waals surface area contributed by atoms with Gasteiger partial charge in [0.2, 0.25) is 0 Å². The zero-order valence-corrected chi connectivity index (χ0v) is 12.3. The molecule has 0 amide bonds. The Bertz CT molecular complexity index is 850. The van der Waals surface area contributed by atoms with Crippen molar-refractivity contribution in [3.8, 4) is 22.6 Å². The van der Waals surface area contributed by atoms with Crippen LogP contribution in [0.1, 0.15) is 16.7 Å². The third-order valence-electron chi connectivity index (χ3n) is 4.24. The highest BCUT2D eigenvalue weighted by Gasteiger charge is 2.28. The molecule has 0 radical (unpaired) electrons. The smallest absolute Gasteiger partial charge is 0.233 e. The lowest BCUT2D eigenvalue weighted by Crippen LogP contribution is -2.33. The molecule has 2 heteroatoms. The average molecular weight is 273 g/mol. The summed E-state index contributed by atoms with van der Waals surface area (Å²) in [5.41, 5.74) is 7.57. The van der Waals surface area contributed by atoms with Crippen molar-refractivity contribution in [1.29, 1.82) is 0 Å². The summed E-state index contributed by atoms with van der Waals surface area (Å²) in [6.07, 6.45) is 3.21. The maximum atomic E-state index is 4.99. The van der Waals surface area contributed by atoms with Crippen LogP contribution < -0.4 is 4.57 Å². The van der Waals surface area contributed by atoms with E-state index < -0.39 is 0 Å². The Morgan fingerprint density at radius 1 is 0.905 bits per heavy atom. The Labute approximate surface area is 124 Å². The fourth-order valence-corrected chi connectivity index (χ4v) is 3.16. The van der Waals surface area contributed by atoms with Gasteiger partial charge in [0.15, 0.2) is 5.69 Å². The van der Waals surface area contributed by atoms with Crippen molar-refractivity contribution >= 4 is 0 Å². The van der Waals surface area contributed by atoms with Crippen LogP contribution in [-0.4, -0.2) is 4.98 Å². The molecule has 2 nitrogen and oxygen atoms in total. The van der Waals surface area contributed by atoms with Crippen LogP contribution >= 0.6 is 0 Å². The van der Waals surface area contributed by atoms with Gasteiger partial charge in [0.25, 0.3) is 0 Å². The van der Waals surface area contributed by atoms with Crippen molar-refractivity contribution in [2.24, 2.45) is 7.05 Å². The molecule has 3 aromatic rings. The van der Waals surface area contributed by atoms with Gasteiger partial charge < -0.3 is 0 Å². The largest absolute Gasteiger partial charge is 0.331 e. The van der Waals surface area contributed by atoms with Crippen molar-refractivity contribution in [3.05, 3.63) is 71.4 Å². The van der Waals surface area contributed by atoms with E-state index in [4.69, 9.17) is 4.98 Å². The number of nitrogens with zero attached hydrogens (tertiary/aromatic N) is 2. The molecule has 0 saturated heterocycles. The summed E-state index contributed by atoms with van der Waals surface area (Å²) in [6.45, 7) is 2.14. The van der Waals surface area contributed by atoms with E-state index in [1.807, 2.05) is 0 Å². The minimum Gasteiger partial charge on any atom is -0.233 e. The van der Waals surface area contributed by atoms with Crippen LogP contribution in [0.4, 0.5) is 0 Å². The predicted octanol–water partition coefficient (Wildman–Crippen LogP) is 3.45. The van der Waals surface area contributed by atoms with Crippen LogP contribution in [0.2, 0.25) is 0 Å². The van der Waals surface area contributed by atoms with E-state index in [-0.39, 0.29) is 0 Å². The van der Waals surface area contributed by atoms with E-state index in [0.29, 0.717) is 0 Å². The van der Waals surface area contributed by atoms with Crippen molar-refractivity contribution in [3.63, 3.8) is 0 Å². The number of aromatic nitrogens is 2. The van der Waals surface area contributed by atoms with E-state index in [9.17, 15) is 0 Å². The second kappa shape index (κ2) is 4.52. The van der Waals surface area contributed by atoms with Gasteiger partial charge in [-0.1, -0.05) is 42.5 Å². The van der Waals surface area contributed by atoms with Gasteiger partial charge >= 0.3 is 5.82 Å². The fourth-order valence-electron chi connectivity index (χ4n) is 3.16. The molecule has 0 atom stereocenters.